The van der Waals surface area contributed by atoms with Gasteiger partial charge in [0.2, 0.25) is 0 Å². The van der Waals surface area contributed by atoms with E-state index in [2.05, 4.69) is 0 Å². The third-order valence-electron chi connectivity index (χ3n) is 5.01. The van der Waals surface area contributed by atoms with E-state index in [1.54, 1.807) is 0 Å². The summed E-state index contributed by atoms with van der Waals surface area (Å²) < 4.78 is 0. The van der Waals surface area contributed by atoms with Crippen LogP contribution in [0.25, 0.3) is 0 Å². The van der Waals surface area contributed by atoms with Gasteiger partial charge in [-0.05, 0) is 61.7 Å². The number of nitrogens with two attached hydrogens (primary N) is 1. The maximum atomic E-state index is 11.1. The van der Waals surface area contributed by atoms with Crippen LogP contribution in [0.15, 0.2) is 0 Å². The number of halogens is 2. The van der Waals surface area contributed by atoms with Crippen molar-refractivity contribution in [1.29, 1.82) is 0 Å². The highest BCUT2D eigenvalue weighted by Crippen LogP contribution is 2.60. The van der Waals surface area contributed by atoms with Crippen molar-refractivity contribution in [3.8, 4) is 0 Å². The van der Waals surface area contributed by atoms with Gasteiger partial charge in [-0.1, -0.05) is 0 Å². The number of rotatable bonds is 2. The summed E-state index contributed by atoms with van der Waals surface area (Å²) in [6, 6.07) is -0.620. The van der Waals surface area contributed by atoms with Gasteiger partial charge in [-0.3, -0.25) is 4.79 Å². The Balaban J connectivity index is 0.000000722. The van der Waals surface area contributed by atoms with Gasteiger partial charge in [0, 0.05) is 0 Å². The van der Waals surface area contributed by atoms with Crippen LogP contribution in [-0.4, -0.2) is 17.1 Å². The maximum absolute atomic E-state index is 11.1. The van der Waals surface area contributed by atoms with E-state index in [1.165, 1.54) is 19.3 Å². The Morgan fingerprint density at radius 3 is 1.71 bits per heavy atom. The Bertz CT molecular complexity index is 274. The van der Waals surface area contributed by atoms with Gasteiger partial charge in [-0.25, -0.2) is 0 Å². The molecule has 0 aromatic heterocycles. The van der Waals surface area contributed by atoms with Crippen LogP contribution in [0.1, 0.15) is 38.5 Å². The Morgan fingerprint density at radius 2 is 1.41 bits per heavy atom. The summed E-state index contributed by atoms with van der Waals surface area (Å²) in [6.07, 6.45) is 7.24. The molecule has 0 heterocycles. The van der Waals surface area contributed by atoms with Gasteiger partial charge in [-0.15, -0.1) is 24.8 Å². The third-order valence-corrected chi connectivity index (χ3v) is 5.01. The molecule has 3 N–H and O–H groups in total. The molecule has 1 atom stereocenters. The van der Waals surface area contributed by atoms with Crippen LogP contribution in [0.5, 0.6) is 0 Å². The van der Waals surface area contributed by atoms with Gasteiger partial charge in [0.25, 0.3) is 0 Å². The zero-order valence-corrected chi connectivity index (χ0v) is 11.4. The van der Waals surface area contributed by atoms with Gasteiger partial charge in [-0.2, -0.15) is 0 Å². The lowest BCUT2D eigenvalue weighted by Gasteiger charge is -2.58. The molecule has 4 aliphatic rings. The quantitative estimate of drug-likeness (QED) is 0.817. The third kappa shape index (κ3) is 2.29. The van der Waals surface area contributed by atoms with Crippen LogP contribution in [0.4, 0.5) is 0 Å². The van der Waals surface area contributed by atoms with Crippen molar-refractivity contribution in [2.75, 3.05) is 0 Å². The fourth-order valence-corrected chi connectivity index (χ4v) is 4.82. The molecule has 0 radical (unpaired) electrons. The van der Waals surface area contributed by atoms with Crippen LogP contribution >= 0.6 is 24.8 Å². The standard InChI is InChI=1S/C12H19NO2.2ClH/c13-10(11(14)15)12-4-7-1-8(5-12)3-9(2-7)6-12;;/h7-10H,1-6,13H2,(H,14,15);2*1H/t7?,8?,9?,10-,12?;;/m0../s1. The molecule has 4 bridgehead atoms. The molecule has 100 valence electrons. The molecule has 0 saturated heterocycles. The number of hydrogen-bond donors (Lipinski definition) is 2. The molecular weight excluding hydrogens is 261 g/mol. The van der Waals surface area contributed by atoms with Crippen LogP contribution in [0.3, 0.4) is 0 Å². The lowest BCUT2D eigenvalue weighted by atomic mass is 9.48. The van der Waals surface area contributed by atoms with Gasteiger partial charge < -0.3 is 10.8 Å². The zero-order valence-electron chi connectivity index (χ0n) is 9.80. The van der Waals surface area contributed by atoms with Crippen molar-refractivity contribution in [3.63, 3.8) is 0 Å². The highest BCUT2D eigenvalue weighted by atomic mass is 35.5. The lowest BCUT2D eigenvalue weighted by molar-refractivity contribution is -0.149. The SMILES string of the molecule is Cl.Cl.N[C@@H](C(=O)O)C12CC3CC(CC(C3)C1)C2. The predicted molar refractivity (Wildman–Crippen MR) is 70.7 cm³/mol. The first kappa shape index (κ1) is 15.1. The topological polar surface area (TPSA) is 63.3 Å². The minimum Gasteiger partial charge on any atom is -0.480 e. The van der Waals surface area contributed by atoms with E-state index in [0.717, 1.165) is 37.0 Å². The fourth-order valence-electron chi connectivity index (χ4n) is 4.82. The Labute approximate surface area is 114 Å². The number of carboxylic acid groups (broad SMARTS) is 1. The highest BCUT2D eigenvalue weighted by Gasteiger charge is 2.55. The van der Waals surface area contributed by atoms with Crippen molar-refractivity contribution < 1.29 is 9.90 Å². The molecule has 4 rings (SSSR count). The van der Waals surface area contributed by atoms with Crippen LogP contribution < -0.4 is 5.73 Å². The number of carboxylic acids is 1. The number of hydrogen-bond acceptors (Lipinski definition) is 2. The van der Waals surface area contributed by atoms with Gasteiger partial charge in [0.1, 0.15) is 6.04 Å². The first-order chi connectivity index (χ1) is 7.09. The molecule has 0 aliphatic heterocycles. The summed E-state index contributed by atoms with van der Waals surface area (Å²) in [5.41, 5.74) is 5.87. The van der Waals surface area contributed by atoms with E-state index in [-0.39, 0.29) is 30.2 Å². The molecular formula is C12H21Cl2NO2. The first-order valence-corrected chi connectivity index (χ1v) is 6.07. The van der Waals surface area contributed by atoms with E-state index in [4.69, 9.17) is 10.8 Å². The molecule has 3 nitrogen and oxygen atoms in total. The lowest BCUT2D eigenvalue weighted by Crippen LogP contribution is -2.57. The normalized spacial score (nSPS) is 43.5. The summed E-state index contributed by atoms with van der Waals surface area (Å²) >= 11 is 0. The van der Waals surface area contributed by atoms with Gasteiger partial charge >= 0.3 is 5.97 Å². The van der Waals surface area contributed by atoms with Gasteiger partial charge in [0.05, 0.1) is 0 Å². The summed E-state index contributed by atoms with van der Waals surface area (Å²) in [5, 5.41) is 9.12. The predicted octanol–water partition coefficient (Wildman–Crippen LogP) is 2.46. The molecule has 0 aromatic rings. The van der Waals surface area contributed by atoms with Crippen LogP contribution in [0.2, 0.25) is 0 Å². The molecule has 0 spiro atoms. The van der Waals surface area contributed by atoms with Crippen LogP contribution in [-0.2, 0) is 4.79 Å². The van der Waals surface area contributed by atoms with Crippen molar-refractivity contribution in [2.45, 2.75) is 44.6 Å². The number of aliphatic carboxylic acids is 1. The molecule has 5 heteroatoms. The second kappa shape index (κ2) is 4.94. The molecule has 0 amide bonds. The minimum atomic E-state index is -0.794. The Hall–Kier alpha value is 0.01000. The monoisotopic (exact) mass is 281 g/mol. The maximum Gasteiger partial charge on any atom is 0.321 e. The Kier molecular flexibility index (Phi) is 4.38. The Morgan fingerprint density at radius 1 is 1.06 bits per heavy atom. The van der Waals surface area contributed by atoms with Gasteiger partial charge in [0.15, 0.2) is 0 Å². The molecule has 0 unspecified atom stereocenters. The highest BCUT2D eigenvalue weighted by molar-refractivity contribution is 5.85. The fraction of sp³-hybridized carbons (Fsp3) is 0.917. The van der Waals surface area contributed by atoms with E-state index < -0.39 is 12.0 Å². The largest absolute Gasteiger partial charge is 0.480 e. The van der Waals surface area contributed by atoms with Crippen LogP contribution in [0, 0.1) is 23.2 Å². The number of carbonyl (C=O) groups is 1. The first-order valence-electron chi connectivity index (χ1n) is 6.07. The summed E-state index contributed by atoms with van der Waals surface area (Å²) in [6.45, 7) is 0. The van der Waals surface area contributed by atoms with Crippen molar-refractivity contribution in [3.05, 3.63) is 0 Å². The molecule has 4 saturated carbocycles. The average molecular weight is 282 g/mol. The summed E-state index contributed by atoms with van der Waals surface area (Å²) in [4.78, 5) is 11.1. The molecule has 4 fully saturated rings. The minimum absolute atomic E-state index is 0. The zero-order chi connectivity index (χ0) is 10.6. The smallest absolute Gasteiger partial charge is 0.321 e. The molecule has 0 aromatic carbocycles. The molecule has 17 heavy (non-hydrogen) atoms. The van der Waals surface area contributed by atoms with Crippen molar-refractivity contribution in [1.82, 2.24) is 0 Å². The van der Waals surface area contributed by atoms with E-state index in [0.29, 0.717) is 0 Å². The summed E-state index contributed by atoms with van der Waals surface area (Å²) in [7, 11) is 0. The average Bonchev–Trinajstić information content (AvgIpc) is 2.14. The van der Waals surface area contributed by atoms with E-state index in [1.807, 2.05) is 0 Å². The summed E-state index contributed by atoms with van der Waals surface area (Å²) in [5.74, 6) is 1.54. The van der Waals surface area contributed by atoms with Crippen molar-refractivity contribution in [2.24, 2.45) is 28.9 Å². The van der Waals surface area contributed by atoms with E-state index in [9.17, 15) is 4.79 Å². The van der Waals surface area contributed by atoms with Crippen molar-refractivity contribution >= 4 is 30.8 Å². The second-order valence-corrected chi connectivity index (χ2v) is 6.10. The second-order valence-electron chi connectivity index (χ2n) is 6.10. The van der Waals surface area contributed by atoms with E-state index >= 15 is 0 Å². The molecule has 4 aliphatic carbocycles.